The minimum absolute atomic E-state index is 0.0969. The van der Waals surface area contributed by atoms with Gasteiger partial charge in [0.05, 0.1) is 12.1 Å². The average molecular weight is 172 g/mol. The molecule has 1 aliphatic heterocycles. The van der Waals surface area contributed by atoms with Crippen molar-refractivity contribution in [1.82, 2.24) is 10.0 Å². The van der Waals surface area contributed by atoms with Gasteiger partial charge < -0.3 is 5.11 Å². The maximum atomic E-state index is 11.2. The van der Waals surface area contributed by atoms with Gasteiger partial charge in [-0.05, 0) is 13.8 Å². The quantitative estimate of drug-likeness (QED) is 0.629. The molecule has 0 aromatic rings. The van der Waals surface area contributed by atoms with Crippen molar-refractivity contribution in [1.29, 1.82) is 0 Å². The van der Waals surface area contributed by atoms with E-state index in [1.807, 2.05) is 12.1 Å². The van der Waals surface area contributed by atoms with Crippen LogP contribution in [-0.4, -0.2) is 46.8 Å². The summed E-state index contributed by atoms with van der Waals surface area (Å²) in [7, 11) is 1.86. The van der Waals surface area contributed by atoms with E-state index in [1.165, 1.54) is 0 Å². The molecule has 0 aromatic heterocycles. The summed E-state index contributed by atoms with van der Waals surface area (Å²) in [5.41, 5.74) is -0.811. The molecule has 12 heavy (non-hydrogen) atoms. The summed E-state index contributed by atoms with van der Waals surface area (Å²) in [6.07, 6.45) is 0.562. The Kier molecular flexibility index (Phi) is 2.39. The van der Waals surface area contributed by atoms with E-state index in [9.17, 15) is 9.90 Å². The second-order valence-electron chi connectivity index (χ2n) is 3.90. The van der Waals surface area contributed by atoms with Crippen LogP contribution >= 0.6 is 0 Å². The molecule has 70 valence electrons. The molecule has 0 radical (unpaired) electrons. The molecule has 1 rings (SSSR count). The van der Waals surface area contributed by atoms with Gasteiger partial charge in [-0.15, -0.1) is 0 Å². The maximum Gasteiger partial charge on any atom is 0.238 e. The van der Waals surface area contributed by atoms with Crippen LogP contribution in [0.4, 0.5) is 0 Å². The van der Waals surface area contributed by atoms with Crippen molar-refractivity contribution >= 4 is 5.91 Å². The summed E-state index contributed by atoms with van der Waals surface area (Å²) in [5, 5.41) is 12.9. The van der Waals surface area contributed by atoms with E-state index >= 15 is 0 Å². The van der Waals surface area contributed by atoms with Crippen LogP contribution in [0.25, 0.3) is 0 Å². The molecule has 1 aliphatic rings. The van der Waals surface area contributed by atoms with Gasteiger partial charge in [0.15, 0.2) is 0 Å². The summed E-state index contributed by atoms with van der Waals surface area (Å²) < 4.78 is 0. The van der Waals surface area contributed by atoms with Gasteiger partial charge in [-0.2, -0.15) is 0 Å². The Morgan fingerprint density at radius 2 is 2.17 bits per heavy atom. The molecular formula is C8H16N2O2. The second-order valence-corrected chi connectivity index (χ2v) is 3.90. The summed E-state index contributed by atoms with van der Waals surface area (Å²) in [5.74, 6) is 0.0969. The standard InChI is InChI=1S/C8H16N2O2/c1-8(2,12)6-10-7(11)4-5-9(10)3/h12H,4-6H2,1-3H3. The van der Waals surface area contributed by atoms with Crippen molar-refractivity contribution in [2.45, 2.75) is 25.9 Å². The Hall–Kier alpha value is -0.610. The number of aliphatic hydroxyl groups is 1. The summed E-state index contributed by atoms with van der Waals surface area (Å²) in [4.78, 5) is 11.2. The second kappa shape index (κ2) is 3.03. The van der Waals surface area contributed by atoms with Gasteiger partial charge in [-0.25, -0.2) is 5.01 Å². The van der Waals surface area contributed by atoms with Gasteiger partial charge in [0, 0.05) is 20.0 Å². The maximum absolute atomic E-state index is 11.2. The Labute approximate surface area is 72.7 Å². The zero-order valence-electron chi connectivity index (χ0n) is 7.87. The molecule has 4 heteroatoms. The van der Waals surface area contributed by atoms with Crippen molar-refractivity contribution in [3.63, 3.8) is 0 Å². The number of hydrogen-bond donors (Lipinski definition) is 1. The number of nitrogens with zero attached hydrogens (tertiary/aromatic N) is 2. The van der Waals surface area contributed by atoms with Gasteiger partial charge in [-0.3, -0.25) is 9.80 Å². The predicted molar refractivity (Wildman–Crippen MR) is 45.3 cm³/mol. The first-order valence-corrected chi connectivity index (χ1v) is 4.14. The van der Waals surface area contributed by atoms with Crippen LogP contribution in [0.2, 0.25) is 0 Å². The lowest BCUT2D eigenvalue weighted by molar-refractivity contribution is -0.141. The molecule has 0 aromatic carbocycles. The third-order valence-electron chi connectivity index (χ3n) is 1.89. The molecule has 1 N–H and O–H groups in total. The highest BCUT2D eigenvalue weighted by Crippen LogP contribution is 2.13. The number of carbonyl (C=O) groups is 1. The van der Waals surface area contributed by atoms with Crippen LogP contribution in [0.1, 0.15) is 20.3 Å². The lowest BCUT2D eigenvalue weighted by Gasteiger charge is -2.29. The third kappa shape index (κ3) is 2.19. The first-order valence-electron chi connectivity index (χ1n) is 4.14. The van der Waals surface area contributed by atoms with Crippen LogP contribution in [0.15, 0.2) is 0 Å². The number of hydrazine groups is 1. The smallest absolute Gasteiger partial charge is 0.238 e. The molecule has 1 saturated heterocycles. The summed E-state index contributed by atoms with van der Waals surface area (Å²) in [6.45, 7) is 4.54. The van der Waals surface area contributed by atoms with Crippen molar-refractivity contribution in [2.24, 2.45) is 0 Å². The van der Waals surface area contributed by atoms with E-state index in [1.54, 1.807) is 18.9 Å². The third-order valence-corrected chi connectivity index (χ3v) is 1.89. The number of rotatable bonds is 2. The van der Waals surface area contributed by atoms with E-state index in [0.717, 1.165) is 6.54 Å². The molecule has 1 amide bonds. The molecule has 0 saturated carbocycles. The largest absolute Gasteiger partial charge is 0.389 e. The molecular weight excluding hydrogens is 156 g/mol. The molecule has 0 spiro atoms. The van der Waals surface area contributed by atoms with Gasteiger partial charge in [0.25, 0.3) is 0 Å². The van der Waals surface area contributed by atoms with Crippen molar-refractivity contribution in [3.05, 3.63) is 0 Å². The first-order chi connectivity index (χ1) is 5.40. The van der Waals surface area contributed by atoms with E-state index in [4.69, 9.17) is 0 Å². The van der Waals surface area contributed by atoms with Crippen LogP contribution < -0.4 is 0 Å². The van der Waals surface area contributed by atoms with E-state index in [2.05, 4.69) is 0 Å². The number of β-amino-alcohol motifs (C(OH)–C–C–N with tert-alkyl or cyclic N) is 1. The average Bonchev–Trinajstić information content (AvgIpc) is 2.16. The molecule has 0 unspecified atom stereocenters. The molecule has 4 nitrogen and oxygen atoms in total. The molecule has 1 fully saturated rings. The SMILES string of the molecule is CN1CCC(=O)N1CC(C)(C)O. The van der Waals surface area contributed by atoms with E-state index in [0.29, 0.717) is 13.0 Å². The molecule has 0 atom stereocenters. The monoisotopic (exact) mass is 172 g/mol. The fraction of sp³-hybridized carbons (Fsp3) is 0.875. The van der Waals surface area contributed by atoms with Crippen molar-refractivity contribution in [2.75, 3.05) is 20.1 Å². The fourth-order valence-corrected chi connectivity index (χ4v) is 1.27. The predicted octanol–water partition coefficient (Wildman–Crippen LogP) is -0.164. The number of carbonyl (C=O) groups excluding carboxylic acids is 1. The van der Waals surface area contributed by atoms with Crippen LogP contribution in [-0.2, 0) is 4.79 Å². The first kappa shape index (κ1) is 9.48. The minimum Gasteiger partial charge on any atom is -0.389 e. The topological polar surface area (TPSA) is 43.8 Å². The highest BCUT2D eigenvalue weighted by molar-refractivity contribution is 5.77. The van der Waals surface area contributed by atoms with Crippen LogP contribution in [0.3, 0.4) is 0 Å². The zero-order chi connectivity index (χ0) is 9.35. The summed E-state index contributed by atoms with van der Waals surface area (Å²) in [6, 6.07) is 0. The van der Waals surface area contributed by atoms with Crippen molar-refractivity contribution < 1.29 is 9.90 Å². The van der Waals surface area contributed by atoms with Gasteiger partial charge >= 0.3 is 0 Å². The lowest BCUT2D eigenvalue weighted by Crippen LogP contribution is -2.45. The van der Waals surface area contributed by atoms with Gasteiger partial charge in [-0.1, -0.05) is 0 Å². The normalized spacial score (nSPS) is 20.7. The van der Waals surface area contributed by atoms with Crippen LogP contribution in [0.5, 0.6) is 0 Å². The van der Waals surface area contributed by atoms with Gasteiger partial charge in [0.1, 0.15) is 0 Å². The van der Waals surface area contributed by atoms with Gasteiger partial charge in [0.2, 0.25) is 5.91 Å². The molecule has 0 aliphatic carbocycles. The van der Waals surface area contributed by atoms with E-state index in [-0.39, 0.29) is 5.91 Å². The van der Waals surface area contributed by atoms with Crippen molar-refractivity contribution in [3.8, 4) is 0 Å². The Balaban J connectivity index is 2.56. The highest BCUT2D eigenvalue weighted by Gasteiger charge is 2.30. The highest BCUT2D eigenvalue weighted by atomic mass is 16.3. The lowest BCUT2D eigenvalue weighted by atomic mass is 10.1. The minimum atomic E-state index is -0.811. The Bertz CT molecular complexity index is 186. The van der Waals surface area contributed by atoms with Crippen LogP contribution in [0, 0.1) is 0 Å². The molecule has 0 bridgehead atoms. The number of hydrogen-bond acceptors (Lipinski definition) is 3. The zero-order valence-corrected chi connectivity index (χ0v) is 7.87. The summed E-state index contributed by atoms with van der Waals surface area (Å²) >= 11 is 0. The number of amides is 1. The Morgan fingerprint density at radius 3 is 2.50 bits per heavy atom. The fourth-order valence-electron chi connectivity index (χ4n) is 1.27. The van der Waals surface area contributed by atoms with E-state index < -0.39 is 5.60 Å². The Morgan fingerprint density at radius 1 is 1.58 bits per heavy atom. The molecule has 1 heterocycles.